The van der Waals surface area contributed by atoms with Crippen LogP contribution in [0.1, 0.15) is 12.5 Å². The Morgan fingerprint density at radius 1 is 1.14 bits per heavy atom. The van der Waals surface area contributed by atoms with Gasteiger partial charge in [-0.05, 0) is 31.2 Å². The number of hydrogen-bond donors (Lipinski definition) is 3. The summed E-state index contributed by atoms with van der Waals surface area (Å²) in [6, 6.07) is 11.5. The largest absolute Gasteiger partial charge is 0.368 e. The van der Waals surface area contributed by atoms with Crippen molar-refractivity contribution in [3.63, 3.8) is 0 Å². The third-order valence-corrected chi connectivity index (χ3v) is 5.38. The zero-order valence-electron chi connectivity index (χ0n) is 19.9. The van der Waals surface area contributed by atoms with Gasteiger partial charge in [0.25, 0.3) is 5.69 Å². The van der Waals surface area contributed by atoms with Crippen molar-refractivity contribution in [2.75, 3.05) is 35.6 Å². The molecule has 12 nitrogen and oxygen atoms in total. The van der Waals surface area contributed by atoms with Crippen molar-refractivity contribution in [3.05, 3.63) is 88.4 Å². The zero-order valence-corrected chi connectivity index (χ0v) is 19.9. The Balaban J connectivity index is 1.46. The number of nitro groups is 1. The summed E-state index contributed by atoms with van der Waals surface area (Å²) in [6.07, 6.45) is 8.24. The maximum Gasteiger partial charge on any atom is 0.326 e. The first kappa shape index (κ1) is 24.8. The minimum Gasteiger partial charge on any atom is -0.368 e. The van der Waals surface area contributed by atoms with E-state index >= 15 is 0 Å². The molecule has 0 saturated heterocycles. The zero-order chi connectivity index (χ0) is 26.2. The number of nitrogens with one attached hydrogen (secondary N) is 3. The highest BCUT2D eigenvalue weighted by molar-refractivity contribution is 5.94. The van der Waals surface area contributed by atoms with Gasteiger partial charge in [0.1, 0.15) is 12.0 Å². The lowest BCUT2D eigenvalue weighted by molar-refractivity contribution is -0.385. The van der Waals surface area contributed by atoms with Gasteiger partial charge in [0, 0.05) is 37.5 Å². The molecule has 2 aromatic heterocycles. The second kappa shape index (κ2) is 11.4. The van der Waals surface area contributed by atoms with Crippen molar-refractivity contribution in [2.45, 2.75) is 6.92 Å². The number of amides is 2. The van der Waals surface area contributed by atoms with E-state index in [1.165, 1.54) is 24.5 Å². The minimum absolute atomic E-state index is 0.0810. The molecule has 0 fully saturated rings. The maximum atomic E-state index is 12.8. The number of nitriles is 1. The van der Waals surface area contributed by atoms with E-state index in [9.17, 15) is 14.9 Å². The molecule has 1 aliphatic heterocycles. The summed E-state index contributed by atoms with van der Waals surface area (Å²) in [6.45, 7) is 3.30. The third-order valence-electron chi connectivity index (χ3n) is 5.38. The standard InChI is InChI=1S/C25H23N9O3/c1-17-8-12-33(13-9-17)25(35)31-21-16-30-24(32-23(21)19-4-2-18(14-26)3-5-19)28-11-10-27-22-7-6-20(15-29-22)34(36)37/h2-9,12,15-16H,10-11,13H2,1H3,(H,27,29)(H,31,35)(H,28,30,32). The van der Waals surface area contributed by atoms with Crippen molar-refractivity contribution in [1.82, 2.24) is 19.9 Å². The third kappa shape index (κ3) is 6.43. The highest BCUT2D eigenvalue weighted by atomic mass is 16.6. The summed E-state index contributed by atoms with van der Waals surface area (Å²) >= 11 is 0. The van der Waals surface area contributed by atoms with Crippen LogP contribution in [-0.4, -0.2) is 50.4 Å². The monoisotopic (exact) mass is 497 g/mol. The van der Waals surface area contributed by atoms with Gasteiger partial charge in [0.05, 0.1) is 34.1 Å². The molecule has 3 heterocycles. The van der Waals surface area contributed by atoms with Gasteiger partial charge in [-0.1, -0.05) is 23.8 Å². The molecule has 1 aliphatic rings. The van der Waals surface area contributed by atoms with E-state index in [-0.39, 0.29) is 11.7 Å². The van der Waals surface area contributed by atoms with Crippen molar-refractivity contribution in [3.8, 4) is 17.3 Å². The number of carbonyl (C=O) groups excluding carboxylic acids is 1. The van der Waals surface area contributed by atoms with Crippen LogP contribution < -0.4 is 16.0 Å². The van der Waals surface area contributed by atoms with Crippen LogP contribution in [0.2, 0.25) is 0 Å². The molecule has 0 bridgehead atoms. The summed E-state index contributed by atoms with van der Waals surface area (Å²) in [5.74, 6) is 0.841. The first-order valence-corrected chi connectivity index (χ1v) is 11.3. The molecule has 0 unspecified atom stereocenters. The highest BCUT2D eigenvalue weighted by Gasteiger charge is 2.17. The van der Waals surface area contributed by atoms with E-state index in [1.54, 1.807) is 35.4 Å². The molecule has 0 atom stereocenters. The molecular weight excluding hydrogens is 474 g/mol. The number of benzene rings is 1. The molecule has 1 aromatic carbocycles. The number of anilines is 3. The Bertz CT molecular complexity index is 1390. The number of nitrogens with zero attached hydrogens (tertiary/aromatic N) is 6. The van der Waals surface area contributed by atoms with Gasteiger partial charge in [-0.2, -0.15) is 5.26 Å². The number of urea groups is 1. The van der Waals surface area contributed by atoms with E-state index in [0.717, 1.165) is 5.57 Å². The van der Waals surface area contributed by atoms with Crippen molar-refractivity contribution in [1.29, 1.82) is 5.26 Å². The topological polar surface area (TPSA) is 162 Å². The molecule has 0 aliphatic carbocycles. The fourth-order valence-corrected chi connectivity index (χ4v) is 3.36. The van der Waals surface area contributed by atoms with E-state index in [4.69, 9.17) is 5.26 Å². The molecule has 3 N–H and O–H groups in total. The number of carbonyl (C=O) groups is 1. The van der Waals surface area contributed by atoms with Crippen molar-refractivity contribution < 1.29 is 9.72 Å². The van der Waals surface area contributed by atoms with E-state index < -0.39 is 4.92 Å². The van der Waals surface area contributed by atoms with Crippen LogP contribution >= 0.6 is 0 Å². The lowest BCUT2D eigenvalue weighted by Crippen LogP contribution is -2.32. The summed E-state index contributed by atoms with van der Waals surface area (Å²) in [4.78, 5) is 37.5. The summed E-state index contributed by atoms with van der Waals surface area (Å²) < 4.78 is 0. The molecule has 0 radical (unpaired) electrons. The van der Waals surface area contributed by atoms with Gasteiger partial charge < -0.3 is 16.0 Å². The Kier molecular flexibility index (Phi) is 7.65. The summed E-state index contributed by atoms with van der Waals surface area (Å²) in [7, 11) is 0. The summed E-state index contributed by atoms with van der Waals surface area (Å²) in [5.41, 5.74) is 3.13. The van der Waals surface area contributed by atoms with Gasteiger partial charge in [0.15, 0.2) is 0 Å². The first-order valence-electron chi connectivity index (χ1n) is 11.3. The van der Waals surface area contributed by atoms with E-state index in [1.807, 2.05) is 19.1 Å². The minimum atomic E-state index is -0.506. The lowest BCUT2D eigenvalue weighted by Gasteiger charge is -2.21. The molecule has 186 valence electrons. The van der Waals surface area contributed by atoms with E-state index in [2.05, 4.69) is 37.0 Å². The number of pyridine rings is 1. The Hall–Kier alpha value is -5.31. The quantitative estimate of drug-likeness (QED) is 0.236. The van der Waals surface area contributed by atoms with Crippen LogP contribution in [-0.2, 0) is 0 Å². The second-order valence-corrected chi connectivity index (χ2v) is 8.00. The molecule has 37 heavy (non-hydrogen) atoms. The molecule has 4 rings (SSSR count). The smallest absolute Gasteiger partial charge is 0.326 e. The number of rotatable bonds is 8. The Labute approximate surface area is 212 Å². The molecule has 12 heteroatoms. The van der Waals surface area contributed by atoms with Crippen molar-refractivity contribution in [2.24, 2.45) is 0 Å². The normalized spacial score (nSPS) is 12.3. The number of allylic oxidation sites excluding steroid dienone is 2. The number of aromatic nitrogens is 3. The maximum absolute atomic E-state index is 12.8. The van der Waals surface area contributed by atoms with Gasteiger partial charge in [-0.15, -0.1) is 0 Å². The van der Waals surface area contributed by atoms with Crippen LogP contribution in [0.3, 0.4) is 0 Å². The first-order chi connectivity index (χ1) is 17.9. The average molecular weight is 498 g/mol. The summed E-state index contributed by atoms with van der Waals surface area (Å²) in [5, 5.41) is 28.9. The molecule has 3 aromatic rings. The number of hydrogen-bond acceptors (Lipinski definition) is 9. The Morgan fingerprint density at radius 2 is 1.92 bits per heavy atom. The van der Waals surface area contributed by atoms with Gasteiger partial charge in [-0.3, -0.25) is 15.0 Å². The van der Waals surface area contributed by atoms with Gasteiger partial charge >= 0.3 is 6.03 Å². The Morgan fingerprint density at radius 3 is 2.57 bits per heavy atom. The SMILES string of the molecule is CC1=CCN(C(=O)Nc2cnc(NCCNc3ccc([N+](=O)[O-])cn3)nc2-c2ccc(C#N)cc2)C=C1. The fourth-order valence-electron chi connectivity index (χ4n) is 3.36. The predicted molar refractivity (Wildman–Crippen MR) is 139 cm³/mol. The van der Waals surface area contributed by atoms with E-state index in [0.29, 0.717) is 53.9 Å². The van der Waals surface area contributed by atoms with Crippen LogP contribution in [0, 0.1) is 21.4 Å². The van der Waals surface area contributed by atoms with Crippen LogP contribution in [0.15, 0.2) is 72.7 Å². The second-order valence-electron chi connectivity index (χ2n) is 8.00. The predicted octanol–water partition coefficient (Wildman–Crippen LogP) is 4.15. The van der Waals surface area contributed by atoms with Crippen LogP contribution in [0.25, 0.3) is 11.3 Å². The lowest BCUT2D eigenvalue weighted by atomic mass is 10.1. The van der Waals surface area contributed by atoms with Gasteiger partial charge in [0.2, 0.25) is 5.95 Å². The average Bonchev–Trinajstić information content (AvgIpc) is 2.92. The molecule has 0 spiro atoms. The van der Waals surface area contributed by atoms with Crippen LogP contribution in [0.4, 0.5) is 27.9 Å². The fraction of sp³-hybridized carbons (Fsp3) is 0.160. The molecule has 2 amide bonds. The van der Waals surface area contributed by atoms with Crippen molar-refractivity contribution >= 4 is 29.2 Å². The highest BCUT2D eigenvalue weighted by Crippen LogP contribution is 2.27. The van der Waals surface area contributed by atoms with Crippen LogP contribution in [0.5, 0.6) is 0 Å². The van der Waals surface area contributed by atoms with Gasteiger partial charge in [-0.25, -0.2) is 19.7 Å². The molecular formula is C25H23N9O3. The molecule has 0 saturated carbocycles.